The van der Waals surface area contributed by atoms with Crippen LogP contribution in [-0.2, 0) is 23.0 Å². The lowest BCUT2D eigenvalue weighted by molar-refractivity contribution is -0.952. The van der Waals surface area contributed by atoms with Gasteiger partial charge in [0.1, 0.15) is 10.1 Å². The number of hydrogen-bond donors (Lipinski definition) is 0. The van der Waals surface area contributed by atoms with Crippen LogP contribution in [0.4, 0.5) is 0 Å². The predicted octanol–water partition coefficient (Wildman–Crippen LogP) is 23.9. The molecular formula is C71H133NO3S. The Morgan fingerprint density at radius 3 is 1.00 bits per heavy atom. The average molecular weight is 1080 g/mol. The lowest BCUT2D eigenvalue weighted by Gasteiger charge is -2.46. The normalized spacial score (nSPS) is 12.1. The highest BCUT2D eigenvalue weighted by Gasteiger charge is 2.35. The number of fused-ring (bicyclic) bond motifs is 1. The van der Waals surface area contributed by atoms with E-state index in [1.54, 1.807) is 6.07 Å². The van der Waals surface area contributed by atoms with Crippen molar-refractivity contribution in [1.82, 2.24) is 0 Å². The second kappa shape index (κ2) is 51.7. The molecular weight excluding hydrogens is 947 g/mol. The standard InChI is InChI=1S/C43H90N.C28H44O3S/c1-6-11-16-21-26-28-33-38-43(39-34-29-27-22-17-12-7-2)44(40-35-30-23-18-13-8-3,41-36-31-24-19-14-9-4)42-37-32-25-20-15-10-5;1-3-5-7-9-11-13-15-19-24-23-25-20-17-18-22-27(25)28(32(29,30)31)26(24)21-16-14-12-10-8-6-4-2/h43H,6-42H2,1-5H3;17-18,20,22-23H,3-16,19,21H2,1-2H3,(H,29,30,31)/q+1;/p-1. The van der Waals surface area contributed by atoms with Crippen LogP contribution in [0, 0.1) is 0 Å². The van der Waals surface area contributed by atoms with Crippen molar-refractivity contribution in [3.05, 3.63) is 41.5 Å². The zero-order valence-corrected chi connectivity index (χ0v) is 53.3. The monoisotopic (exact) mass is 1080 g/mol. The van der Waals surface area contributed by atoms with E-state index in [2.05, 4.69) is 54.5 Å². The largest absolute Gasteiger partial charge is 0.744 e. The summed E-state index contributed by atoms with van der Waals surface area (Å²) in [6.45, 7) is 20.7. The zero-order chi connectivity index (χ0) is 55.5. The van der Waals surface area contributed by atoms with Crippen LogP contribution < -0.4 is 0 Å². The summed E-state index contributed by atoms with van der Waals surface area (Å²) in [5.41, 5.74) is 1.86. The first-order valence-corrected chi connectivity index (χ1v) is 35.9. The van der Waals surface area contributed by atoms with Gasteiger partial charge in [0, 0.05) is 0 Å². The molecule has 0 heterocycles. The van der Waals surface area contributed by atoms with Gasteiger partial charge in [-0.25, -0.2) is 8.42 Å². The van der Waals surface area contributed by atoms with E-state index in [4.69, 9.17) is 0 Å². The van der Waals surface area contributed by atoms with E-state index in [9.17, 15) is 13.0 Å². The molecule has 5 heteroatoms. The van der Waals surface area contributed by atoms with Crippen LogP contribution in [0.5, 0.6) is 0 Å². The quantitative estimate of drug-likeness (QED) is 0.0377. The molecule has 2 aromatic carbocycles. The maximum atomic E-state index is 12.3. The molecule has 446 valence electrons. The highest BCUT2D eigenvalue weighted by atomic mass is 32.2. The van der Waals surface area contributed by atoms with Crippen molar-refractivity contribution in [2.75, 3.05) is 19.6 Å². The van der Waals surface area contributed by atoms with Gasteiger partial charge in [-0.05, 0) is 112 Å². The van der Waals surface area contributed by atoms with Crippen molar-refractivity contribution < 1.29 is 17.5 Å². The predicted molar refractivity (Wildman–Crippen MR) is 339 cm³/mol. The van der Waals surface area contributed by atoms with Gasteiger partial charge < -0.3 is 9.04 Å². The lowest BCUT2D eigenvalue weighted by atomic mass is 9.93. The average Bonchev–Trinajstić information content (AvgIpc) is 3.41. The van der Waals surface area contributed by atoms with Crippen molar-refractivity contribution in [3.8, 4) is 0 Å². The first kappa shape index (κ1) is 72.6. The van der Waals surface area contributed by atoms with Gasteiger partial charge in [0.25, 0.3) is 0 Å². The molecule has 0 aromatic heterocycles. The highest BCUT2D eigenvalue weighted by Crippen LogP contribution is 2.33. The van der Waals surface area contributed by atoms with Crippen LogP contribution in [0.15, 0.2) is 35.2 Å². The number of aryl methyl sites for hydroxylation is 1. The number of quaternary nitrogens is 1. The van der Waals surface area contributed by atoms with Crippen molar-refractivity contribution >= 4 is 20.9 Å². The first-order chi connectivity index (χ1) is 37.2. The number of nitrogens with zero attached hydrogens (tertiary/aromatic N) is 1. The molecule has 2 aromatic rings. The van der Waals surface area contributed by atoms with Gasteiger partial charge in [-0.2, -0.15) is 0 Å². The van der Waals surface area contributed by atoms with Crippen LogP contribution in [0.2, 0.25) is 0 Å². The van der Waals surface area contributed by atoms with Crippen LogP contribution in [0.3, 0.4) is 0 Å². The molecule has 0 aliphatic rings. The summed E-state index contributed by atoms with van der Waals surface area (Å²) in [6.07, 6.45) is 68.0. The molecule has 76 heavy (non-hydrogen) atoms. The van der Waals surface area contributed by atoms with Crippen molar-refractivity contribution in [2.45, 2.75) is 380 Å². The van der Waals surface area contributed by atoms with Gasteiger partial charge in [-0.15, -0.1) is 0 Å². The third-order valence-corrected chi connectivity index (χ3v) is 18.4. The van der Waals surface area contributed by atoms with Crippen LogP contribution in [-0.4, -0.2) is 43.1 Å². The number of hydrogen-bond acceptors (Lipinski definition) is 3. The molecule has 4 nitrogen and oxygen atoms in total. The number of unbranched alkanes of at least 4 members (excludes halogenated alkanes) is 39. The summed E-state index contributed by atoms with van der Waals surface area (Å²) >= 11 is 0. The third-order valence-electron chi connectivity index (χ3n) is 17.5. The van der Waals surface area contributed by atoms with E-state index < -0.39 is 10.1 Å². The summed E-state index contributed by atoms with van der Waals surface area (Å²) in [7, 11) is -4.53. The zero-order valence-electron chi connectivity index (χ0n) is 52.5. The topological polar surface area (TPSA) is 57.2 Å². The minimum atomic E-state index is -4.53. The molecule has 2 rings (SSSR count). The van der Waals surface area contributed by atoms with Gasteiger partial charge in [0.15, 0.2) is 0 Å². The minimum Gasteiger partial charge on any atom is -0.744 e. The number of rotatable bonds is 55. The third kappa shape index (κ3) is 36.8. The molecule has 0 unspecified atom stereocenters. The van der Waals surface area contributed by atoms with E-state index >= 15 is 0 Å². The van der Waals surface area contributed by atoms with Crippen molar-refractivity contribution in [3.63, 3.8) is 0 Å². The van der Waals surface area contributed by atoms with Gasteiger partial charge in [-0.1, -0.05) is 310 Å². The fourth-order valence-electron chi connectivity index (χ4n) is 12.6. The van der Waals surface area contributed by atoms with E-state index in [-0.39, 0.29) is 4.90 Å². The second-order valence-corrected chi connectivity index (χ2v) is 25.7. The second-order valence-electron chi connectivity index (χ2n) is 24.4. The minimum absolute atomic E-state index is 0.0412. The summed E-state index contributed by atoms with van der Waals surface area (Å²) in [6, 6.07) is 10.5. The Morgan fingerprint density at radius 2 is 0.658 bits per heavy atom. The van der Waals surface area contributed by atoms with Gasteiger partial charge >= 0.3 is 0 Å². The Labute approximate surface area is 477 Å². The Bertz CT molecular complexity index is 1600. The Morgan fingerprint density at radius 1 is 0.368 bits per heavy atom. The van der Waals surface area contributed by atoms with Gasteiger partial charge in [-0.3, -0.25) is 0 Å². The Hall–Kier alpha value is -1.43. The molecule has 0 saturated heterocycles. The summed E-state index contributed by atoms with van der Waals surface area (Å²) in [5.74, 6) is 0. The smallest absolute Gasteiger partial charge is 0.125 e. The Kier molecular flexibility index (Phi) is 49.4. The van der Waals surface area contributed by atoms with Gasteiger partial charge in [0.05, 0.1) is 30.6 Å². The summed E-state index contributed by atoms with van der Waals surface area (Å²) in [5, 5.41) is 1.45. The molecule has 0 spiro atoms. The van der Waals surface area contributed by atoms with Crippen LogP contribution in [0.1, 0.15) is 368 Å². The maximum absolute atomic E-state index is 12.3. The van der Waals surface area contributed by atoms with Crippen molar-refractivity contribution in [1.29, 1.82) is 0 Å². The molecule has 0 atom stereocenters. The maximum Gasteiger partial charge on any atom is 0.125 e. The van der Waals surface area contributed by atoms with E-state index in [0.717, 1.165) is 54.7 Å². The van der Waals surface area contributed by atoms with E-state index in [0.29, 0.717) is 11.8 Å². The molecule has 0 saturated carbocycles. The SMILES string of the molecule is CCCCCCCCCC(CCCCCCCCC)[N+](CCCCCCCC)(CCCCCCCC)CCCCCCCC.CCCCCCCCCc1cc2ccccc2c(S(=O)(=O)[O-])c1CCCCCCCCC. The molecule has 0 N–H and O–H groups in total. The molecule has 0 aliphatic carbocycles. The molecule has 0 amide bonds. The highest BCUT2D eigenvalue weighted by molar-refractivity contribution is 7.86. The lowest BCUT2D eigenvalue weighted by Crippen LogP contribution is -2.57. The molecule has 0 radical (unpaired) electrons. The van der Waals surface area contributed by atoms with E-state index in [1.807, 2.05) is 18.2 Å². The number of benzene rings is 2. The molecule has 0 aliphatic heterocycles. The van der Waals surface area contributed by atoms with Gasteiger partial charge in [0.2, 0.25) is 0 Å². The van der Waals surface area contributed by atoms with Crippen LogP contribution in [0.25, 0.3) is 10.8 Å². The molecule has 0 bridgehead atoms. The molecule has 0 fully saturated rings. The van der Waals surface area contributed by atoms with Crippen LogP contribution >= 0.6 is 0 Å². The summed E-state index contributed by atoms with van der Waals surface area (Å²) in [4.78, 5) is 0.0412. The fourth-order valence-corrected chi connectivity index (χ4v) is 13.6. The summed E-state index contributed by atoms with van der Waals surface area (Å²) < 4.78 is 38.6. The van der Waals surface area contributed by atoms with E-state index in [1.165, 1.54) is 307 Å². The Balaban J connectivity index is 0.000000796. The fraction of sp³-hybridized carbons (Fsp3) is 0.859. The van der Waals surface area contributed by atoms with Crippen molar-refractivity contribution in [2.24, 2.45) is 0 Å². The first-order valence-electron chi connectivity index (χ1n) is 34.5.